The van der Waals surface area contributed by atoms with Gasteiger partial charge in [-0.15, -0.1) is 0 Å². The van der Waals surface area contributed by atoms with E-state index in [1.807, 2.05) is 6.92 Å². The Bertz CT molecular complexity index is 1440. The zero-order chi connectivity index (χ0) is 32.8. The molecular weight excluding hydrogens is 660 g/mol. The van der Waals surface area contributed by atoms with E-state index in [2.05, 4.69) is 25.9 Å². The number of methoxy groups -OCH3 is 1. The van der Waals surface area contributed by atoms with Crippen LogP contribution in [0.5, 0.6) is 0 Å². The van der Waals surface area contributed by atoms with E-state index in [9.17, 15) is 31.1 Å². The summed E-state index contributed by atoms with van der Waals surface area (Å²) < 4.78 is 92.3. The van der Waals surface area contributed by atoms with E-state index in [0.717, 1.165) is 0 Å². The van der Waals surface area contributed by atoms with E-state index < -0.39 is 47.1 Å². The lowest BCUT2D eigenvalue weighted by atomic mass is 9.81. The molecule has 2 aliphatic rings. The summed E-state index contributed by atoms with van der Waals surface area (Å²) in [5, 5.41) is 1.34. The van der Waals surface area contributed by atoms with Gasteiger partial charge in [0.05, 0.1) is 34.4 Å². The molecule has 1 aromatic carbocycles. The van der Waals surface area contributed by atoms with E-state index in [1.165, 1.54) is 18.3 Å². The van der Waals surface area contributed by atoms with Crippen LogP contribution >= 0.6 is 15.9 Å². The summed E-state index contributed by atoms with van der Waals surface area (Å²) in [7, 11) is 1.43. The van der Waals surface area contributed by atoms with Gasteiger partial charge in [0.2, 0.25) is 5.88 Å². The van der Waals surface area contributed by atoms with Gasteiger partial charge >= 0.3 is 18.4 Å². The Morgan fingerprint density at radius 1 is 1.07 bits per heavy atom. The molecular formula is C29H32BrF6N5O3. The Kier molecular flexibility index (Phi) is 9.32. The van der Waals surface area contributed by atoms with Crippen molar-refractivity contribution in [3.05, 3.63) is 80.8 Å². The molecule has 1 saturated heterocycles. The summed E-state index contributed by atoms with van der Waals surface area (Å²) in [6, 6.07) is 0.354. The predicted octanol–water partition coefficient (Wildman–Crippen LogP) is 7.30. The van der Waals surface area contributed by atoms with Gasteiger partial charge in [-0.2, -0.15) is 26.3 Å². The topological polar surface area (TPSA) is 93.8 Å². The van der Waals surface area contributed by atoms with Crippen LogP contribution in [0.3, 0.4) is 0 Å². The van der Waals surface area contributed by atoms with Crippen LogP contribution in [0, 0.1) is 0 Å². The van der Waals surface area contributed by atoms with Crippen LogP contribution in [-0.2, 0) is 28.2 Å². The minimum absolute atomic E-state index is 0.0843. The molecule has 0 saturated carbocycles. The first-order valence-corrected chi connectivity index (χ1v) is 14.4. The molecule has 1 amide bonds. The second-order valence-electron chi connectivity index (χ2n) is 11.5. The number of nitrogens with zero attached hydrogens (tertiary/aromatic N) is 4. The number of nitrogens with two attached hydrogens (primary N) is 1. The maximum atomic E-state index is 13.5. The van der Waals surface area contributed by atoms with E-state index >= 15 is 0 Å². The molecule has 0 bridgehead atoms. The van der Waals surface area contributed by atoms with Crippen molar-refractivity contribution in [3.63, 3.8) is 0 Å². The number of hydrazine groups is 1. The Morgan fingerprint density at radius 3 is 2.20 bits per heavy atom. The minimum Gasteiger partial charge on any atom is -0.481 e. The fourth-order valence-corrected chi connectivity index (χ4v) is 5.68. The van der Waals surface area contributed by atoms with Crippen molar-refractivity contribution < 1.29 is 40.6 Å². The van der Waals surface area contributed by atoms with Gasteiger partial charge < -0.3 is 9.47 Å². The number of rotatable bonds is 5. The molecule has 3 atom stereocenters. The number of aromatic nitrogens is 2. The number of alkyl halides is 6. The highest BCUT2D eigenvalue weighted by atomic mass is 79.9. The van der Waals surface area contributed by atoms with E-state index in [4.69, 9.17) is 15.3 Å². The zero-order valence-corrected chi connectivity index (χ0v) is 26.1. The molecule has 15 heteroatoms. The molecule has 0 spiro atoms. The van der Waals surface area contributed by atoms with E-state index in [-0.39, 0.29) is 35.6 Å². The van der Waals surface area contributed by atoms with Gasteiger partial charge in [0.1, 0.15) is 11.4 Å². The molecule has 2 aromatic rings. The van der Waals surface area contributed by atoms with Gasteiger partial charge in [0.15, 0.2) is 0 Å². The van der Waals surface area contributed by atoms with Crippen molar-refractivity contribution in [1.82, 2.24) is 19.9 Å². The van der Waals surface area contributed by atoms with Crippen molar-refractivity contribution in [2.75, 3.05) is 7.11 Å². The summed E-state index contributed by atoms with van der Waals surface area (Å²) in [4.78, 5) is 24.0. The molecule has 2 N–H and O–H groups in total. The molecule has 4 rings (SSSR count). The number of amides is 1. The van der Waals surface area contributed by atoms with Crippen molar-refractivity contribution >= 4 is 22.0 Å². The summed E-state index contributed by atoms with van der Waals surface area (Å²) >= 11 is 3.30. The highest BCUT2D eigenvalue weighted by Crippen LogP contribution is 2.43. The number of halogens is 7. The molecule has 8 nitrogen and oxygen atoms in total. The number of hydrogen-bond donors (Lipinski definition) is 1. The lowest BCUT2D eigenvalue weighted by Crippen LogP contribution is -2.58. The molecule has 1 fully saturated rings. The van der Waals surface area contributed by atoms with E-state index in [1.54, 1.807) is 37.8 Å². The van der Waals surface area contributed by atoms with Crippen molar-refractivity contribution in [1.29, 1.82) is 0 Å². The number of carbonyl (C=O) groups excluding carboxylic acids is 1. The first kappa shape index (κ1) is 33.6. The van der Waals surface area contributed by atoms with Crippen LogP contribution in [0.4, 0.5) is 31.1 Å². The molecule has 1 unspecified atom stereocenters. The number of hydrogen-bond acceptors (Lipinski definition) is 7. The second-order valence-corrected chi connectivity index (χ2v) is 12.4. The fourth-order valence-electron chi connectivity index (χ4n) is 5.35. The molecule has 0 radical (unpaired) electrons. The third-order valence-corrected chi connectivity index (χ3v) is 7.92. The third-order valence-electron chi connectivity index (χ3n) is 7.26. The zero-order valence-electron chi connectivity index (χ0n) is 24.6. The third kappa shape index (κ3) is 7.14. The SMILES string of the molecule is CC[C@@H]1C[C@H](c2ncc(Br)c(Cc3cc(C(F)(F)F)cc(C(F)(F)F)c3)n2)C2C(=CC=C(OC)N2N)N1C(=O)OC(C)(C)C. The Hall–Kier alpha value is -3.33. The fraction of sp³-hybridized carbons (Fsp3) is 0.483. The first-order valence-electron chi connectivity index (χ1n) is 13.7. The Morgan fingerprint density at radius 2 is 1.68 bits per heavy atom. The smallest absolute Gasteiger partial charge is 0.416 e. The lowest BCUT2D eigenvalue weighted by Gasteiger charge is -2.49. The quantitative estimate of drug-likeness (QED) is 0.260. The summed E-state index contributed by atoms with van der Waals surface area (Å²) in [6.45, 7) is 7.16. The number of likely N-dealkylation sites (tertiary alicyclic amines) is 1. The molecule has 2 aliphatic heterocycles. The lowest BCUT2D eigenvalue weighted by molar-refractivity contribution is -0.143. The second kappa shape index (κ2) is 12.2. The van der Waals surface area contributed by atoms with Gasteiger partial charge in [-0.05, 0) is 79.4 Å². The van der Waals surface area contributed by atoms with Crippen LogP contribution in [0.15, 0.2) is 52.6 Å². The van der Waals surface area contributed by atoms with Crippen LogP contribution in [-0.4, -0.2) is 50.8 Å². The molecule has 240 valence electrons. The number of carbonyl (C=O) groups is 1. The van der Waals surface area contributed by atoms with Crippen LogP contribution in [0.25, 0.3) is 0 Å². The van der Waals surface area contributed by atoms with Gasteiger partial charge in [-0.25, -0.2) is 20.6 Å². The molecule has 0 aliphatic carbocycles. The predicted molar refractivity (Wildman–Crippen MR) is 151 cm³/mol. The number of allylic oxidation sites excluding steroid dienone is 2. The van der Waals surface area contributed by atoms with Crippen molar-refractivity contribution in [3.8, 4) is 0 Å². The largest absolute Gasteiger partial charge is 0.481 e. The Labute approximate surface area is 259 Å². The molecule has 1 aromatic heterocycles. The summed E-state index contributed by atoms with van der Waals surface area (Å²) in [5.74, 6) is 6.49. The van der Waals surface area contributed by atoms with Crippen molar-refractivity contribution in [2.45, 2.75) is 82.9 Å². The molecule has 44 heavy (non-hydrogen) atoms. The number of piperidine rings is 1. The van der Waals surface area contributed by atoms with E-state index in [0.29, 0.717) is 41.0 Å². The first-order chi connectivity index (χ1) is 20.3. The van der Waals surface area contributed by atoms with Crippen LogP contribution < -0.4 is 5.84 Å². The van der Waals surface area contributed by atoms with Crippen molar-refractivity contribution in [2.24, 2.45) is 5.84 Å². The summed E-state index contributed by atoms with van der Waals surface area (Å²) in [6.07, 6.45) is -5.32. The maximum Gasteiger partial charge on any atom is 0.416 e. The maximum absolute atomic E-state index is 13.5. The summed E-state index contributed by atoms with van der Waals surface area (Å²) in [5.41, 5.74) is -3.15. The number of ether oxygens (including phenoxy) is 2. The highest BCUT2D eigenvalue weighted by molar-refractivity contribution is 9.10. The van der Waals surface area contributed by atoms with Crippen LogP contribution in [0.1, 0.15) is 74.7 Å². The minimum atomic E-state index is -4.98. The van der Waals surface area contributed by atoms with Gasteiger partial charge in [0.25, 0.3) is 0 Å². The van der Waals surface area contributed by atoms with Gasteiger partial charge in [-0.3, -0.25) is 9.91 Å². The normalized spacial score (nSPS) is 21.0. The van der Waals surface area contributed by atoms with Crippen LogP contribution in [0.2, 0.25) is 0 Å². The van der Waals surface area contributed by atoms with Gasteiger partial charge in [0, 0.05) is 36.4 Å². The number of fused-ring (bicyclic) bond motifs is 1. The number of benzene rings is 1. The average molecular weight is 692 g/mol. The monoisotopic (exact) mass is 691 g/mol. The molecule has 3 heterocycles. The average Bonchev–Trinajstić information content (AvgIpc) is 2.91. The van der Waals surface area contributed by atoms with Gasteiger partial charge in [-0.1, -0.05) is 6.92 Å². The Balaban J connectivity index is 1.77. The highest BCUT2D eigenvalue weighted by Gasteiger charge is 2.48. The standard InChI is InChI=1S/C29H32BrF6N5O3/c1-6-18-13-19(24-22(7-8-23(43-5)41(24)37)40(18)26(42)44-27(2,3)4)25-38-14-20(30)21(39-25)11-15-9-16(28(31,32)33)12-17(10-15)29(34,35)36/h7-10,12,14,18-19,24H,6,11,13,37H2,1-5H3/t18-,19+,24?/m1/s1.